The van der Waals surface area contributed by atoms with Gasteiger partial charge < -0.3 is 9.84 Å². The van der Waals surface area contributed by atoms with Crippen LogP contribution in [0.15, 0.2) is 53.1 Å². The van der Waals surface area contributed by atoms with Crippen molar-refractivity contribution in [1.82, 2.24) is 15.5 Å². The van der Waals surface area contributed by atoms with Gasteiger partial charge in [-0.05, 0) is 42.9 Å². The number of rotatable bonds is 3. The zero-order valence-corrected chi connectivity index (χ0v) is 16.1. The van der Waals surface area contributed by atoms with Gasteiger partial charge >= 0.3 is 0 Å². The van der Waals surface area contributed by atoms with Gasteiger partial charge in [-0.2, -0.15) is 4.98 Å². The van der Waals surface area contributed by atoms with Gasteiger partial charge in [-0.25, -0.2) is 0 Å². The van der Waals surface area contributed by atoms with E-state index < -0.39 is 0 Å². The molecule has 1 aromatic heterocycles. The second-order valence-electron chi connectivity index (χ2n) is 7.41. The molecule has 3 heterocycles. The molecular formula is C21H19Cl2N3O. The van der Waals surface area contributed by atoms with Gasteiger partial charge in [0.1, 0.15) is 0 Å². The summed E-state index contributed by atoms with van der Waals surface area (Å²) in [4.78, 5) is 4.76. The van der Waals surface area contributed by atoms with E-state index in [9.17, 15) is 0 Å². The quantitative estimate of drug-likeness (QED) is 0.637. The van der Waals surface area contributed by atoms with E-state index in [-0.39, 0.29) is 11.8 Å². The molecule has 0 radical (unpaired) electrons. The third-order valence-corrected chi connectivity index (χ3v) is 6.55. The summed E-state index contributed by atoms with van der Waals surface area (Å²) < 4.78 is 5.75. The van der Waals surface area contributed by atoms with Crippen LogP contribution in [-0.4, -0.2) is 22.2 Å². The molecule has 0 saturated carbocycles. The van der Waals surface area contributed by atoms with Crippen molar-refractivity contribution < 1.29 is 4.52 Å². The van der Waals surface area contributed by atoms with Crippen molar-refractivity contribution in [3.8, 4) is 11.4 Å². The molecule has 4 nitrogen and oxygen atoms in total. The largest absolute Gasteiger partial charge is 0.339 e. The summed E-state index contributed by atoms with van der Waals surface area (Å²) >= 11 is 12.4. The molecule has 5 rings (SSSR count). The average molecular weight is 400 g/mol. The van der Waals surface area contributed by atoms with E-state index in [1.807, 2.05) is 42.5 Å². The van der Waals surface area contributed by atoms with Gasteiger partial charge in [0.2, 0.25) is 11.7 Å². The SMILES string of the molecule is Clc1ccc([C@H]2CC3CC[C@@H](N3)[C@H]2c2nc(-c3ccccc3)no2)cc1Cl. The van der Waals surface area contributed by atoms with E-state index in [0.717, 1.165) is 18.4 Å². The third-order valence-electron chi connectivity index (χ3n) is 5.81. The maximum atomic E-state index is 6.30. The Bertz CT molecular complexity index is 959. The summed E-state index contributed by atoms with van der Waals surface area (Å²) in [5.41, 5.74) is 2.15. The first-order chi connectivity index (χ1) is 13.2. The zero-order chi connectivity index (χ0) is 18.4. The summed E-state index contributed by atoms with van der Waals surface area (Å²) in [7, 11) is 0. The highest BCUT2D eigenvalue weighted by atomic mass is 35.5. The van der Waals surface area contributed by atoms with Crippen LogP contribution in [0, 0.1) is 0 Å². The first-order valence-electron chi connectivity index (χ1n) is 9.29. The van der Waals surface area contributed by atoms with Gasteiger partial charge in [-0.1, -0.05) is 64.8 Å². The maximum Gasteiger partial charge on any atom is 0.232 e. The molecule has 3 aromatic rings. The first-order valence-corrected chi connectivity index (χ1v) is 10.0. The molecule has 0 aliphatic carbocycles. The number of nitrogens with one attached hydrogen (secondary N) is 1. The Kier molecular flexibility index (Phi) is 4.43. The summed E-state index contributed by atoms with van der Waals surface area (Å²) in [5.74, 6) is 1.75. The number of benzene rings is 2. The number of nitrogens with zero attached hydrogens (tertiary/aromatic N) is 2. The van der Waals surface area contributed by atoms with E-state index in [0.29, 0.717) is 33.8 Å². The number of aromatic nitrogens is 2. The van der Waals surface area contributed by atoms with E-state index in [4.69, 9.17) is 32.7 Å². The molecule has 6 heteroatoms. The van der Waals surface area contributed by atoms with Crippen molar-refractivity contribution in [3.63, 3.8) is 0 Å². The van der Waals surface area contributed by atoms with Gasteiger partial charge in [0, 0.05) is 17.6 Å². The van der Waals surface area contributed by atoms with Crippen molar-refractivity contribution in [2.45, 2.75) is 43.2 Å². The van der Waals surface area contributed by atoms with Crippen LogP contribution in [0.2, 0.25) is 10.0 Å². The minimum atomic E-state index is 0.131. The minimum absolute atomic E-state index is 0.131. The van der Waals surface area contributed by atoms with E-state index in [2.05, 4.69) is 16.5 Å². The average Bonchev–Trinajstić information content (AvgIpc) is 3.32. The van der Waals surface area contributed by atoms with Gasteiger partial charge in [0.25, 0.3) is 0 Å². The fourth-order valence-corrected chi connectivity index (χ4v) is 4.87. The van der Waals surface area contributed by atoms with Crippen molar-refractivity contribution in [3.05, 3.63) is 70.0 Å². The molecular weight excluding hydrogens is 381 g/mol. The Morgan fingerprint density at radius 3 is 2.67 bits per heavy atom. The molecule has 2 aromatic carbocycles. The molecule has 4 atom stereocenters. The van der Waals surface area contributed by atoms with E-state index in [1.54, 1.807) is 0 Å². The predicted molar refractivity (Wildman–Crippen MR) is 106 cm³/mol. The molecule has 2 fully saturated rings. The van der Waals surface area contributed by atoms with Gasteiger partial charge in [-0.3, -0.25) is 0 Å². The van der Waals surface area contributed by atoms with Crippen molar-refractivity contribution in [2.24, 2.45) is 0 Å². The molecule has 0 amide bonds. The summed E-state index contributed by atoms with van der Waals surface area (Å²) in [6.45, 7) is 0. The lowest BCUT2D eigenvalue weighted by Crippen LogP contribution is -2.43. The summed E-state index contributed by atoms with van der Waals surface area (Å²) in [6.07, 6.45) is 3.33. The van der Waals surface area contributed by atoms with Crippen molar-refractivity contribution in [2.75, 3.05) is 0 Å². The molecule has 138 valence electrons. The molecule has 2 bridgehead atoms. The topological polar surface area (TPSA) is 51.0 Å². The predicted octanol–water partition coefficient (Wildman–Crippen LogP) is 5.44. The second-order valence-corrected chi connectivity index (χ2v) is 8.23. The lowest BCUT2D eigenvalue weighted by atomic mass is 9.77. The first kappa shape index (κ1) is 17.2. The molecule has 2 aliphatic rings. The number of halogens is 2. The zero-order valence-electron chi connectivity index (χ0n) is 14.6. The number of fused-ring (bicyclic) bond motifs is 2. The molecule has 1 N–H and O–H groups in total. The van der Waals surface area contributed by atoms with Gasteiger partial charge in [0.15, 0.2) is 0 Å². The van der Waals surface area contributed by atoms with Crippen LogP contribution in [0.5, 0.6) is 0 Å². The third kappa shape index (κ3) is 3.16. The highest BCUT2D eigenvalue weighted by Gasteiger charge is 2.45. The van der Waals surface area contributed by atoms with E-state index in [1.165, 1.54) is 12.0 Å². The number of piperidine rings is 1. The highest BCUT2D eigenvalue weighted by Crippen LogP contribution is 2.47. The van der Waals surface area contributed by atoms with Crippen LogP contribution in [0.4, 0.5) is 0 Å². The van der Waals surface area contributed by atoms with Crippen LogP contribution in [0.25, 0.3) is 11.4 Å². The van der Waals surface area contributed by atoms with Crippen molar-refractivity contribution in [1.29, 1.82) is 0 Å². The lowest BCUT2D eigenvalue weighted by Gasteiger charge is -2.36. The normalized spacial score (nSPS) is 27.0. The standard InChI is InChI=1S/C21H19Cl2N3O/c22-16-8-6-13(10-17(16)23)15-11-14-7-9-18(24-14)19(15)21-25-20(26-27-21)12-4-2-1-3-5-12/h1-6,8,10,14-15,18-19,24H,7,9,11H2/t14?,15-,18-,19+/m1/s1. The van der Waals surface area contributed by atoms with E-state index >= 15 is 0 Å². The fourth-order valence-electron chi connectivity index (χ4n) is 4.56. The van der Waals surface area contributed by atoms with Crippen molar-refractivity contribution >= 4 is 23.2 Å². The Hall–Kier alpha value is -1.88. The lowest BCUT2D eigenvalue weighted by molar-refractivity contribution is 0.254. The Balaban J connectivity index is 1.53. The monoisotopic (exact) mass is 399 g/mol. The summed E-state index contributed by atoms with van der Waals surface area (Å²) in [5, 5.41) is 9.14. The Labute approximate surface area is 167 Å². The molecule has 1 unspecified atom stereocenters. The smallest absolute Gasteiger partial charge is 0.232 e. The Morgan fingerprint density at radius 2 is 1.85 bits per heavy atom. The van der Waals surface area contributed by atoms with Crippen LogP contribution in [0.3, 0.4) is 0 Å². The second kappa shape index (κ2) is 6.93. The van der Waals surface area contributed by atoms with Crippen LogP contribution in [0.1, 0.15) is 42.6 Å². The highest BCUT2D eigenvalue weighted by molar-refractivity contribution is 6.42. The molecule has 27 heavy (non-hydrogen) atoms. The summed E-state index contributed by atoms with van der Waals surface area (Å²) in [6, 6.07) is 16.7. The van der Waals surface area contributed by atoms with Gasteiger partial charge in [0.05, 0.1) is 16.0 Å². The molecule has 0 spiro atoms. The number of hydrogen-bond acceptors (Lipinski definition) is 4. The molecule has 2 saturated heterocycles. The van der Waals surface area contributed by atoms with Crippen LogP contribution < -0.4 is 5.32 Å². The minimum Gasteiger partial charge on any atom is -0.339 e. The fraction of sp³-hybridized carbons (Fsp3) is 0.333. The van der Waals surface area contributed by atoms with Crippen LogP contribution in [-0.2, 0) is 0 Å². The number of hydrogen-bond donors (Lipinski definition) is 1. The van der Waals surface area contributed by atoms with Crippen LogP contribution >= 0.6 is 23.2 Å². The Morgan fingerprint density at radius 1 is 1.00 bits per heavy atom. The van der Waals surface area contributed by atoms with Gasteiger partial charge in [-0.15, -0.1) is 0 Å². The molecule has 2 aliphatic heterocycles. The maximum absolute atomic E-state index is 6.30.